The molecular weight excluding hydrogens is 340 g/mol. The van der Waals surface area contributed by atoms with Gasteiger partial charge in [-0.15, -0.1) is 0 Å². The van der Waals surface area contributed by atoms with E-state index in [-0.39, 0.29) is 16.2 Å². The lowest BCUT2D eigenvalue weighted by molar-refractivity contribution is 0.582. The maximum atomic E-state index is 12.0. The summed E-state index contributed by atoms with van der Waals surface area (Å²) in [5.41, 5.74) is 0.815. The molecule has 0 saturated heterocycles. The Morgan fingerprint density at radius 1 is 0.696 bits per heavy atom. The van der Waals surface area contributed by atoms with Crippen LogP contribution in [-0.4, -0.2) is 16.8 Å². The fourth-order valence-corrected chi connectivity index (χ4v) is 3.90. The van der Waals surface area contributed by atoms with Crippen LogP contribution in [0.3, 0.4) is 0 Å². The first-order chi connectivity index (χ1) is 10.8. The van der Waals surface area contributed by atoms with Crippen molar-refractivity contribution in [3.63, 3.8) is 0 Å². The Hall–Kier alpha value is -1.82. The summed E-state index contributed by atoms with van der Waals surface area (Å²) in [6, 6.07) is 12.4. The molecule has 23 heavy (non-hydrogen) atoms. The van der Waals surface area contributed by atoms with Gasteiger partial charge in [0.2, 0.25) is 0 Å². The number of nitrogens with one attached hydrogen (secondary N) is 2. The van der Waals surface area contributed by atoms with Crippen LogP contribution < -0.4 is 21.3 Å². The van der Waals surface area contributed by atoms with E-state index in [1.54, 1.807) is 46.1 Å². The van der Waals surface area contributed by atoms with Gasteiger partial charge in [-0.1, -0.05) is 36.4 Å². The Bertz CT molecular complexity index is 836. The van der Waals surface area contributed by atoms with E-state index in [0.717, 1.165) is 0 Å². The molecule has 0 spiro atoms. The van der Waals surface area contributed by atoms with E-state index in [1.165, 1.54) is 12.1 Å². The molecule has 2 rings (SSSR count). The highest BCUT2D eigenvalue weighted by molar-refractivity contribution is 7.89. The average molecular weight is 356 g/mol. The van der Waals surface area contributed by atoms with Crippen molar-refractivity contribution in [3.05, 3.63) is 59.7 Å². The van der Waals surface area contributed by atoms with E-state index in [9.17, 15) is 16.8 Å². The summed E-state index contributed by atoms with van der Waals surface area (Å²) in [6.45, 7) is 0. The predicted molar refractivity (Wildman–Crippen MR) is 84.7 cm³/mol. The number of rotatable bonds is 6. The summed E-state index contributed by atoms with van der Waals surface area (Å²) in [4.78, 5) is 3.49. The number of hydrogen-bond donors (Lipinski definition) is 4. The van der Waals surface area contributed by atoms with Crippen molar-refractivity contribution in [1.82, 2.24) is 9.66 Å². The quantitative estimate of drug-likeness (QED) is 0.409. The van der Waals surface area contributed by atoms with Crippen LogP contribution in [0.5, 0.6) is 0 Å². The van der Waals surface area contributed by atoms with Crippen LogP contribution in [0.25, 0.3) is 0 Å². The summed E-state index contributed by atoms with van der Waals surface area (Å²) in [7, 11) is -7.73. The first-order valence-corrected chi connectivity index (χ1v) is 9.39. The van der Waals surface area contributed by atoms with Crippen molar-refractivity contribution in [3.8, 4) is 0 Å². The summed E-state index contributed by atoms with van der Waals surface area (Å²) in [6.07, 6.45) is 0.0775. The van der Waals surface area contributed by atoms with Crippen molar-refractivity contribution in [2.75, 3.05) is 0 Å². The van der Waals surface area contributed by atoms with Gasteiger partial charge >= 0.3 is 0 Å². The highest BCUT2D eigenvalue weighted by atomic mass is 32.2. The molecule has 0 aliphatic rings. The normalized spacial score (nSPS) is 12.3. The van der Waals surface area contributed by atoms with Crippen LogP contribution in [0.4, 0.5) is 0 Å². The molecule has 0 heterocycles. The van der Waals surface area contributed by atoms with Crippen LogP contribution in [0, 0.1) is 0 Å². The molecule has 0 radical (unpaired) electrons. The van der Waals surface area contributed by atoms with Gasteiger partial charge in [0.25, 0.3) is 20.0 Å². The van der Waals surface area contributed by atoms with E-state index < -0.39 is 20.0 Å². The topological polar surface area (TPSA) is 144 Å². The molecule has 0 bridgehead atoms. The molecule has 0 aromatic heterocycles. The minimum absolute atomic E-state index is 0.0181. The molecule has 2 aromatic carbocycles. The lowest BCUT2D eigenvalue weighted by atomic mass is 10.1. The minimum Gasteiger partial charge on any atom is -0.257 e. The van der Waals surface area contributed by atoms with E-state index >= 15 is 0 Å². The average Bonchev–Trinajstić information content (AvgIpc) is 2.55. The van der Waals surface area contributed by atoms with Gasteiger partial charge in [-0.3, -0.25) is 11.7 Å². The zero-order valence-corrected chi connectivity index (χ0v) is 13.6. The highest BCUT2D eigenvalue weighted by Gasteiger charge is 2.20. The Balaban J connectivity index is 2.55. The first-order valence-electron chi connectivity index (χ1n) is 6.42. The summed E-state index contributed by atoms with van der Waals surface area (Å²) in [5.74, 6) is 10.1. The van der Waals surface area contributed by atoms with Gasteiger partial charge in [-0.05, 0) is 23.3 Å². The van der Waals surface area contributed by atoms with Crippen LogP contribution in [0.1, 0.15) is 11.1 Å². The molecule has 2 aromatic rings. The molecule has 0 aliphatic carbocycles. The molecule has 0 atom stereocenters. The molecule has 6 N–H and O–H groups in total. The van der Waals surface area contributed by atoms with Crippen molar-refractivity contribution in [2.24, 2.45) is 11.7 Å². The van der Waals surface area contributed by atoms with Crippen molar-refractivity contribution < 1.29 is 16.8 Å². The summed E-state index contributed by atoms with van der Waals surface area (Å²) in [5, 5.41) is 0. The monoisotopic (exact) mass is 356 g/mol. The maximum Gasteiger partial charge on any atom is 0.253 e. The highest BCUT2D eigenvalue weighted by Crippen LogP contribution is 2.22. The molecule has 0 aliphatic heterocycles. The third-order valence-electron chi connectivity index (χ3n) is 3.22. The molecule has 10 heteroatoms. The molecule has 124 valence electrons. The van der Waals surface area contributed by atoms with Gasteiger partial charge in [0.05, 0.1) is 9.79 Å². The van der Waals surface area contributed by atoms with Crippen LogP contribution >= 0.6 is 0 Å². The fraction of sp³-hybridized carbons (Fsp3) is 0.0769. The number of benzene rings is 2. The third-order valence-corrected chi connectivity index (χ3v) is 5.79. The van der Waals surface area contributed by atoms with E-state index in [0.29, 0.717) is 11.1 Å². The Labute approximate surface area is 134 Å². The van der Waals surface area contributed by atoms with E-state index in [1.807, 2.05) is 0 Å². The standard InChI is InChI=1S/C13H16N4O4S2/c14-16-22(18,19)12-7-3-1-5-10(12)9-11-6-2-4-8-13(11)23(20,21)17-15/h1-8,16-17H,9,14-15H2. The zero-order valence-electron chi connectivity index (χ0n) is 11.9. The van der Waals surface area contributed by atoms with Gasteiger partial charge in [-0.2, -0.15) is 9.66 Å². The van der Waals surface area contributed by atoms with Gasteiger partial charge < -0.3 is 0 Å². The SMILES string of the molecule is NNS(=O)(=O)c1ccccc1Cc1ccccc1S(=O)(=O)NN. The zero-order chi connectivity index (χ0) is 17.1. The van der Waals surface area contributed by atoms with Crippen LogP contribution in [0.15, 0.2) is 58.3 Å². The van der Waals surface area contributed by atoms with Crippen molar-refractivity contribution >= 4 is 20.0 Å². The van der Waals surface area contributed by atoms with Crippen molar-refractivity contribution in [2.45, 2.75) is 16.2 Å². The predicted octanol–water partition coefficient (Wildman–Crippen LogP) is -0.419. The maximum absolute atomic E-state index is 12.0. The molecule has 0 fully saturated rings. The molecule has 8 nitrogen and oxygen atoms in total. The van der Waals surface area contributed by atoms with Gasteiger partial charge in [0.15, 0.2) is 0 Å². The van der Waals surface area contributed by atoms with Crippen molar-refractivity contribution in [1.29, 1.82) is 0 Å². The minimum atomic E-state index is -3.86. The Kier molecular flexibility index (Phi) is 5.14. The fourth-order valence-electron chi connectivity index (χ4n) is 2.16. The van der Waals surface area contributed by atoms with Gasteiger partial charge in [-0.25, -0.2) is 16.8 Å². The van der Waals surface area contributed by atoms with Gasteiger partial charge in [0.1, 0.15) is 0 Å². The van der Waals surface area contributed by atoms with Crippen LogP contribution in [0.2, 0.25) is 0 Å². The third kappa shape index (κ3) is 3.75. The van der Waals surface area contributed by atoms with E-state index in [2.05, 4.69) is 0 Å². The second-order valence-corrected chi connectivity index (χ2v) is 8.00. The lowest BCUT2D eigenvalue weighted by Gasteiger charge is -2.12. The molecule has 0 saturated carbocycles. The van der Waals surface area contributed by atoms with Crippen LogP contribution in [-0.2, 0) is 26.5 Å². The second-order valence-electron chi connectivity index (χ2n) is 4.63. The van der Waals surface area contributed by atoms with Gasteiger partial charge in [0, 0.05) is 6.42 Å². The Morgan fingerprint density at radius 3 is 1.39 bits per heavy atom. The Morgan fingerprint density at radius 2 is 1.04 bits per heavy atom. The first kappa shape index (κ1) is 17.5. The largest absolute Gasteiger partial charge is 0.257 e. The molecule has 0 amide bonds. The summed E-state index contributed by atoms with van der Waals surface area (Å²) < 4.78 is 47.9. The van der Waals surface area contributed by atoms with E-state index in [4.69, 9.17) is 11.7 Å². The number of sulfonamides is 2. The number of hydrazine groups is 2. The molecule has 0 unspecified atom stereocenters. The summed E-state index contributed by atoms with van der Waals surface area (Å²) >= 11 is 0. The number of nitrogens with two attached hydrogens (primary N) is 2. The lowest BCUT2D eigenvalue weighted by Crippen LogP contribution is -2.31. The smallest absolute Gasteiger partial charge is 0.253 e. The second kappa shape index (κ2) is 6.74. The number of hydrogen-bond acceptors (Lipinski definition) is 6. The molecular formula is C13H16N4O4S2.